The van der Waals surface area contributed by atoms with Crippen molar-refractivity contribution >= 4 is 17.6 Å². The summed E-state index contributed by atoms with van der Waals surface area (Å²) in [5.74, 6) is 0.219. The van der Waals surface area contributed by atoms with Crippen molar-refractivity contribution in [3.8, 4) is 5.75 Å². The van der Waals surface area contributed by atoms with Crippen LogP contribution < -0.4 is 10.1 Å². The van der Waals surface area contributed by atoms with Gasteiger partial charge in [0.25, 0.3) is 0 Å². The van der Waals surface area contributed by atoms with E-state index in [0.29, 0.717) is 19.6 Å². The minimum Gasteiger partial charge on any atom is -0.497 e. The monoisotopic (exact) mass is 407 g/mol. The Morgan fingerprint density at radius 2 is 1.41 bits per heavy atom. The summed E-state index contributed by atoms with van der Waals surface area (Å²) in [5, 5.41) is 3.48. The molecule has 0 amide bonds. The molecule has 0 aliphatic rings. The van der Waals surface area contributed by atoms with E-state index in [2.05, 4.69) is 5.32 Å². The molecule has 0 aliphatic heterocycles. The Morgan fingerprint density at radius 3 is 1.86 bits per heavy atom. The quantitative estimate of drug-likeness (QED) is 0.537. The molecule has 0 spiro atoms. The van der Waals surface area contributed by atoms with Gasteiger partial charge in [-0.15, -0.1) is 0 Å². The average Bonchev–Trinajstić information content (AvgIpc) is 2.68. The van der Waals surface area contributed by atoms with Gasteiger partial charge in [0.05, 0.1) is 31.2 Å². The van der Waals surface area contributed by atoms with Crippen LogP contribution in [0.3, 0.4) is 0 Å². The Hall–Kier alpha value is -2.24. The Labute approximate surface area is 175 Å². The van der Waals surface area contributed by atoms with E-state index in [4.69, 9.17) is 14.2 Å². The molecule has 1 aromatic rings. The molecule has 29 heavy (non-hydrogen) atoms. The smallest absolute Gasteiger partial charge is 0.313 e. The Bertz CT molecular complexity index is 666. The van der Waals surface area contributed by atoms with Gasteiger partial charge >= 0.3 is 11.9 Å². The number of rotatable bonds is 11. The first kappa shape index (κ1) is 24.8. The highest BCUT2D eigenvalue weighted by Gasteiger charge is 2.43. The third-order valence-electron chi connectivity index (χ3n) is 5.73. The van der Waals surface area contributed by atoms with Crippen molar-refractivity contribution in [3.05, 3.63) is 24.3 Å². The second-order valence-corrected chi connectivity index (χ2v) is 8.45. The second-order valence-electron chi connectivity index (χ2n) is 8.45. The number of hydrogen-bond acceptors (Lipinski definition) is 6. The van der Waals surface area contributed by atoms with Gasteiger partial charge in [-0.1, -0.05) is 6.92 Å². The fraction of sp³-hybridized carbons (Fsp3) is 0.652. The van der Waals surface area contributed by atoms with E-state index >= 15 is 0 Å². The number of carbonyl (C=O) groups is 2. The SMILES string of the molecule is CCOC(=O)C(C)(C)[C@@H](C)C[C@@H](Nc1ccc(OC)cc1)C(C)(C)C(=O)OCC. The van der Waals surface area contributed by atoms with Crippen molar-refractivity contribution in [2.24, 2.45) is 16.7 Å². The van der Waals surface area contributed by atoms with Crippen LogP contribution in [-0.2, 0) is 19.1 Å². The highest BCUT2D eigenvalue weighted by molar-refractivity contribution is 5.78. The summed E-state index contributed by atoms with van der Waals surface area (Å²) in [5.41, 5.74) is -0.607. The first-order chi connectivity index (χ1) is 13.5. The number of hydrogen-bond donors (Lipinski definition) is 1. The fourth-order valence-electron chi connectivity index (χ4n) is 3.05. The van der Waals surface area contributed by atoms with Crippen LogP contribution in [0.4, 0.5) is 5.69 Å². The van der Waals surface area contributed by atoms with E-state index < -0.39 is 10.8 Å². The second kappa shape index (κ2) is 10.5. The normalized spacial score (nSPS) is 13.9. The highest BCUT2D eigenvalue weighted by atomic mass is 16.5. The molecule has 0 aliphatic carbocycles. The zero-order valence-corrected chi connectivity index (χ0v) is 19.1. The van der Waals surface area contributed by atoms with Crippen LogP contribution >= 0.6 is 0 Å². The molecule has 0 aromatic heterocycles. The maximum atomic E-state index is 12.7. The number of carbonyl (C=O) groups excluding carboxylic acids is 2. The largest absolute Gasteiger partial charge is 0.497 e. The van der Waals surface area contributed by atoms with Crippen molar-refractivity contribution in [2.45, 2.75) is 60.9 Å². The number of nitrogens with one attached hydrogen (secondary N) is 1. The van der Waals surface area contributed by atoms with Crippen LogP contribution in [0, 0.1) is 16.7 Å². The summed E-state index contributed by atoms with van der Waals surface area (Å²) in [6.45, 7) is 13.8. The molecule has 164 valence electrons. The standard InChI is InChI=1S/C23H37NO5/c1-9-28-20(25)22(4,5)16(3)15-19(23(6,7)21(26)29-10-2)24-17-11-13-18(27-8)14-12-17/h11-14,16,19,24H,9-10,15H2,1-8H3/t16-,19+/m0/s1. The van der Waals surface area contributed by atoms with Crippen molar-refractivity contribution in [1.82, 2.24) is 0 Å². The number of methoxy groups -OCH3 is 1. The predicted molar refractivity (Wildman–Crippen MR) is 115 cm³/mol. The molecule has 0 heterocycles. The van der Waals surface area contributed by atoms with Crippen LogP contribution in [0.25, 0.3) is 0 Å². The molecule has 1 N–H and O–H groups in total. The summed E-state index contributed by atoms with van der Waals surface area (Å²) >= 11 is 0. The molecule has 0 fully saturated rings. The van der Waals surface area contributed by atoms with Crippen molar-refractivity contribution in [3.63, 3.8) is 0 Å². The predicted octanol–water partition coefficient (Wildman–Crippen LogP) is 4.68. The molecule has 0 bridgehead atoms. The van der Waals surface area contributed by atoms with E-state index in [0.717, 1.165) is 11.4 Å². The summed E-state index contributed by atoms with van der Waals surface area (Å²) in [7, 11) is 1.62. The summed E-state index contributed by atoms with van der Waals surface area (Å²) < 4.78 is 15.8. The maximum Gasteiger partial charge on any atom is 0.313 e. The van der Waals surface area contributed by atoms with Crippen LogP contribution in [-0.4, -0.2) is 38.3 Å². The minimum absolute atomic E-state index is 0.0361. The van der Waals surface area contributed by atoms with Crippen LogP contribution in [0.2, 0.25) is 0 Å². The van der Waals surface area contributed by atoms with Crippen LogP contribution in [0.5, 0.6) is 5.75 Å². The Morgan fingerprint density at radius 1 is 0.931 bits per heavy atom. The highest BCUT2D eigenvalue weighted by Crippen LogP contribution is 2.37. The molecular weight excluding hydrogens is 370 g/mol. The lowest BCUT2D eigenvalue weighted by atomic mass is 9.71. The molecule has 0 saturated carbocycles. The molecule has 2 atom stereocenters. The molecule has 0 unspecified atom stereocenters. The van der Waals surface area contributed by atoms with Gasteiger partial charge in [0.1, 0.15) is 5.75 Å². The molecule has 6 nitrogen and oxygen atoms in total. The van der Waals surface area contributed by atoms with E-state index in [1.807, 2.05) is 58.9 Å². The van der Waals surface area contributed by atoms with Crippen LogP contribution in [0.15, 0.2) is 24.3 Å². The van der Waals surface area contributed by atoms with Gasteiger partial charge in [0, 0.05) is 11.7 Å². The summed E-state index contributed by atoms with van der Waals surface area (Å²) in [4.78, 5) is 25.1. The molecule has 0 saturated heterocycles. The lowest BCUT2D eigenvalue weighted by Gasteiger charge is -2.38. The third-order valence-corrected chi connectivity index (χ3v) is 5.73. The van der Waals surface area contributed by atoms with Gasteiger partial charge in [-0.25, -0.2) is 0 Å². The number of esters is 2. The van der Waals surface area contributed by atoms with Crippen molar-refractivity contribution in [2.75, 3.05) is 25.6 Å². The topological polar surface area (TPSA) is 73.9 Å². The van der Waals surface area contributed by atoms with E-state index in [-0.39, 0.29) is 23.9 Å². The molecule has 1 rings (SSSR count). The van der Waals surface area contributed by atoms with Gasteiger partial charge in [-0.05, 0) is 78.1 Å². The van der Waals surface area contributed by atoms with E-state index in [9.17, 15) is 9.59 Å². The molecular formula is C23H37NO5. The number of anilines is 1. The van der Waals surface area contributed by atoms with Gasteiger partial charge in [-0.3, -0.25) is 9.59 Å². The average molecular weight is 408 g/mol. The zero-order valence-electron chi connectivity index (χ0n) is 19.1. The Balaban J connectivity index is 3.14. The van der Waals surface area contributed by atoms with E-state index in [1.165, 1.54) is 0 Å². The maximum absolute atomic E-state index is 12.7. The van der Waals surface area contributed by atoms with Gasteiger partial charge in [0.2, 0.25) is 0 Å². The molecule has 0 radical (unpaired) electrons. The van der Waals surface area contributed by atoms with Crippen LogP contribution in [0.1, 0.15) is 54.9 Å². The molecule has 6 heteroatoms. The van der Waals surface area contributed by atoms with Crippen molar-refractivity contribution in [1.29, 1.82) is 0 Å². The zero-order chi connectivity index (χ0) is 22.2. The number of benzene rings is 1. The molecule has 1 aromatic carbocycles. The summed E-state index contributed by atoms with van der Waals surface area (Å²) in [6, 6.07) is 7.30. The minimum atomic E-state index is -0.797. The van der Waals surface area contributed by atoms with Gasteiger partial charge in [-0.2, -0.15) is 0 Å². The third kappa shape index (κ3) is 6.38. The van der Waals surface area contributed by atoms with E-state index in [1.54, 1.807) is 21.0 Å². The first-order valence-corrected chi connectivity index (χ1v) is 10.3. The first-order valence-electron chi connectivity index (χ1n) is 10.3. The van der Waals surface area contributed by atoms with Gasteiger partial charge in [0.15, 0.2) is 0 Å². The van der Waals surface area contributed by atoms with Gasteiger partial charge < -0.3 is 19.5 Å². The lowest BCUT2D eigenvalue weighted by molar-refractivity contribution is -0.157. The van der Waals surface area contributed by atoms with Crippen molar-refractivity contribution < 1.29 is 23.8 Å². The fourth-order valence-corrected chi connectivity index (χ4v) is 3.05. The number of ether oxygens (including phenoxy) is 3. The Kier molecular flexibility index (Phi) is 8.99. The summed E-state index contributed by atoms with van der Waals surface area (Å²) in [6.07, 6.45) is 0.587. The lowest BCUT2D eigenvalue weighted by Crippen LogP contribution is -2.46.